The van der Waals surface area contributed by atoms with Gasteiger partial charge in [0.15, 0.2) is 10.8 Å². The van der Waals surface area contributed by atoms with Gasteiger partial charge in [0.1, 0.15) is 17.6 Å². The Balaban J connectivity index is 1.26. The molecule has 33 heavy (non-hydrogen) atoms. The predicted molar refractivity (Wildman–Crippen MR) is 124 cm³/mol. The van der Waals surface area contributed by atoms with E-state index in [1.807, 2.05) is 4.68 Å². The Kier molecular flexibility index (Phi) is 4.81. The van der Waals surface area contributed by atoms with Crippen molar-refractivity contribution in [2.24, 2.45) is 0 Å². The van der Waals surface area contributed by atoms with Crippen LogP contribution in [0.5, 0.6) is 5.75 Å². The van der Waals surface area contributed by atoms with Crippen LogP contribution in [0.1, 0.15) is 49.1 Å². The third-order valence-electron chi connectivity index (χ3n) is 7.05. The Morgan fingerprint density at radius 3 is 2.85 bits per heavy atom. The Morgan fingerprint density at radius 2 is 2.12 bits per heavy atom. The maximum absolute atomic E-state index is 12.2. The zero-order chi connectivity index (χ0) is 22.7. The van der Waals surface area contributed by atoms with Crippen LogP contribution in [-0.2, 0) is 16.0 Å². The maximum Gasteiger partial charge on any atom is 0.326 e. The normalized spacial score (nSPS) is 19.3. The smallest absolute Gasteiger partial charge is 0.326 e. The van der Waals surface area contributed by atoms with Gasteiger partial charge in [0.2, 0.25) is 0 Å². The van der Waals surface area contributed by atoms with Gasteiger partial charge in [-0.15, -0.1) is 11.3 Å². The molecule has 3 aliphatic rings. The van der Waals surface area contributed by atoms with Crippen molar-refractivity contribution in [3.05, 3.63) is 35.0 Å². The van der Waals surface area contributed by atoms with Crippen LogP contribution in [0, 0.1) is 0 Å². The molecule has 0 bridgehead atoms. The van der Waals surface area contributed by atoms with Crippen molar-refractivity contribution in [2.75, 3.05) is 26.8 Å². The molecule has 0 atom stereocenters. The Bertz CT molecular complexity index is 1220. The van der Waals surface area contributed by atoms with Crippen LogP contribution in [0.15, 0.2) is 24.5 Å². The number of benzene rings is 1. The number of fused-ring (bicyclic) bond motifs is 3. The first kappa shape index (κ1) is 20.8. The van der Waals surface area contributed by atoms with Gasteiger partial charge in [-0.2, -0.15) is 5.10 Å². The van der Waals surface area contributed by atoms with Crippen molar-refractivity contribution in [3.63, 3.8) is 0 Å². The van der Waals surface area contributed by atoms with E-state index in [9.17, 15) is 4.79 Å². The highest BCUT2D eigenvalue weighted by atomic mass is 32.1. The molecular weight excluding hydrogens is 438 g/mol. The van der Waals surface area contributed by atoms with Crippen LogP contribution in [0.2, 0.25) is 0 Å². The number of hydrogen-bond acceptors (Lipinski definition) is 8. The minimum atomic E-state index is -0.365. The van der Waals surface area contributed by atoms with Crippen LogP contribution >= 0.6 is 11.3 Å². The van der Waals surface area contributed by atoms with Gasteiger partial charge in [0, 0.05) is 41.9 Å². The number of likely N-dealkylation sites (tertiary alicyclic amines) is 1. The molecule has 0 spiro atoms. The van der Waals surface area contributed by atoms with Gasteiger partial charge in [-0.1, -0.05) is 6.07 Å². The SMILES string of the molecule is COC(=O)C1(N2CC(c3ccc4c(c3)OCCc3sc(-c5ncnn5C(C)C)nc3-4)C2)CC1. The third-order valence-corrected chi connectivity index (χ3v) is 8.16. The third kappa shape index (κ3) is 3.28. The largest absolute Gasteiger partial charge is 0.492 e. The van der Waals surface area contributed by atoms with Gasteiger partial charge >= 0.3 is 5.97 Å². The number of carbonyl (C=O) groups is 1. The van der Waals surface area contributed by atoms with Crippen molar-refractivity contribution in [1.82, 2.24) is 24.6 Å². The zero-order valence-electron chi connectivity index (χ0n) is 19.1. The standard InChI is InChI=1S/C24H27N5O3S/c1-14(2)29-21(25-13-26-29)22-27-20-17-5-4-15(10-18(17)32-9-6-19(20)33-22)16-11-28(12-16)24(7-8-24)23(30)31-3/h4-5,10,13-14,16H,6-9,11-12H2,1-3H3. The lowest BCUT2D eigenvalue weighted by Gasteiger charge is -2.44. The molecule has 0 amide bonds. The van der Waals surface area contributed by atoms with Gasteiger partial charge in [0.05, 0.1) is 19.4 Å². The molecule has 0 unspecified atom stereocenters. The van der Waals surface area contributed by atoms with E-state index >= 15 is 0 Å². The molecule has 0 radical (unpaired) electrons. The minimum absolute atomic E-state index is 0.0913. The lowest BCUT2D eigenvalue weighted by atomic mass is 9.88. The van der Waals surface area contributed by atoms with Crippen LogP contribution in [0.25, 0.3) is 22.1 Å². The molecule has 1 saturated heterocycles. The summed E-state index contributed by atoms with van der Waals surface area (Å²) < 4.78 is 13.1. The molecule has 8 nitrogen and oxygen atoms in total. The highest BCUT2D eigenvalue weighted by Crippen LogP contribution is 2.49. The molecule has 6 rings (SSSR count). The summed E-state index contributed by atoms with van der Waals surface area (Å²) in [6.45, 7) is 6.58. The maximum atomic E-state index is 12.2. The quantitative estimate of drug-likeness (QED) is 0.532. The summed E-state index contributed by atoms with van der Waals surface area (Å²) in [6.07, 6.45) is 4.23. The predicted octanol–water partition coefficient (Wildman–Crippen LogP) is 3.69. The average molecular weight is 466 g/mol. The van der Waals surface area contributed by atoms with Crippen molar-refractivity contribution in [1.29, 1.82) is 0 Å². The molecule has 1 aliphatic carbocycles. The van der Waals surface area contributed by atoms with E-state index in [1.54, 1.807) is 17.7 Å². The fourth-order valence-corrected chi connectivity index (χ4v) is 6.01. The highest BCUT2D eigenvalue weighted by Gasteiger charge is 2.58. The molecule has 2 fully saturated rings. The summed E-state index contributed by atoms with van der Waals surface area (Å²) in [5.74, 6) is 2.02. The number of methoxy groups -OCH3 is 1. The van der Waals surface area contributed by atoms with E-state index in [0.29, 0.717) is 12.5 Å². The highest BCUT2D eigenvalue weighted by molar-refractivity contribution is 7.15. The number of aromatic nitrogens is 4. The van der Waals surface area contributed by atoms with Gasteiger partial charge in [0.25, 0.3) is 0 Å². The molecule has 172 valence electrons. The Morgan fingerprint density at radius 1 is 1.30 bits per heavy atom. The summed E-state index contributed by atoms with van der Waals surface area (Å²) >= 11 is 1.68. The van der Waals surface area contributed by atoms with Crippen molar-refractivity contribution in [2.45, 2.75) is 50.6 Å². The molecule has 1 saturated carbocycles. The summed E-state index contributed by atoms with van der Waals surface area (Å²) in [4.78, 5) is 25.1. The molecule has 0 N–H and O–H groups in total. The number of nitrogens with zero attached hydrogens (tertiary/aromatic N) is 5. The van der Waals surface area contributed by atoms with Gasteiger partial charge in [-0.25, -0.2) is 14.6 Å². The molecule has 2 aromatic heterocycles. The number of hydrogen-bond donors (Lipinski definition) is 0. The van der Waals surface area contributed by atoms with Crippen molar-refractivity contribution < 1.29 is 14.3 Å². The second kappa shape index (κ2) is 7.63. The minimum Gasteiger partial charge on any atom is -0.492 e. The summed E-state index contributed by atoms with van der Waals surface area (Å²) in [5.41, 5.74) is 2.92. The second-order valence-corrected chi connectivity index (χ2v) is 10.5. The topological polar surface area (TPSA) is 82.4 Å². The number of rotatable bonds is 5. The molecule has 2 aliphatic heterocycles. The van der Waals surface area contributed by atoms with Crippen LogP contribution in [0.3, 0.4) is 0 Å². The van der Waals surface area contributed by atoms with Crippen molar-refractivity contribution in [3.8, 4) is 27.8 Å². The molecule has 9 heteroatoms. The van der Waals surface area contributed by atoms with Gasteiger partial charge in [-0.05, 0) is 44.4 Å². The average Bonchev–Trinajstić information content (AvgIpc) is 3.27. The van der Waals surface area contributed by atoms with Gasteiger partial charge < -0.3 is 9.47 Å². The van der Waals surface area contributed by atoms with E-state index in [0.717, 1.165) is 60.2 Å². The fraction of sp³-hybridized carbons (Fsp3) is 0.500. The van der Waals surface area contributed by atoms with Crippen molar-refractivity contribution >= 4 is 17.3 Å². The van der Waals surface area contributed by atoms with Gasteiger partial charge in [-0.3, -0.25) is 9.69 Å². The van der Waals surface area contributed by atoms with Crippen LogP contribution in [-0.4, -0.2) is 63.0 Å². The molecular formula is C24H27N5O3S. The van der Waals surface area contributed by atoms with E-state index in [-0.39, 0.29) is 17.6 Å². The Hall–Kier alpha value is -2.78. The first-order valence-corrected chi connectivity index (χ1v) is 12.3. The number of ether oxygens (including phenoxy) is 2. The number of esters is 1. The van der Waals surface area contributed by atoms with Crippen LogP contribution in [0.4, 0.5) is 0 Å². The lowest BCUT2D eigenvalue weighted by Crippen LogP contribution is -2.55. The lowest BCUT2D eigenvalue weighted by molar-refractivity contribution is -0.151. The Labute approximate surface area is 196 Å². The summed E-state index contributed by atoms with van der Waals surface area (Å²) in [6, 6.07) is 6.72. The van der Waals surface area contributed by atoms with Crippen LogP contribution < -0.4 is 4.74 Å². The second-order valence-electron chi connectivity index (χ2n) is 9.39. The molecule has 3 aromatic rings. The van der Waals surface area contributed by atoms with E-state index < -0.39 is 0 Å². The summed E-state index contributed by atoms with van der Waals surface area (Å²) in [5, 5.41) is 5.27. The summed E-state index contributed by atoms with van der Waals surface area (Å²) in [7, 11) is 1.48. The van der Waals surface area contributed by atoms with E-state index in [1.165, 1.54) is 17.6 Å². The number of carbonyl (C=O) groups excluding carboxylic acids is 1. The first-order chi connectivity index (χ1) is 16.0. The first-order valence-electron chi connectivity index (χ1n) is 11.5. The zero-order valence-corrected chi connectivity index (χ0v) is 19.9. The van der Waals surface area contributed by atoms with E-state index in [2.05, 4.69) is 47.0 Å². The monoisotopic (exact) mass is 465 g/mol. The number of thiazole rings is 1. The fourth-order valence-electron chi connectivity index (χ4n) is 4.97. The molecule has 1 aromatic carbocycles. The van der Waals surface area contributed by atoms with E-state index in [4.69, 9.17) is 14.5 Å². The molecule has 4 heterocycles.